The van der Waals surface area contributed by atoms with Gasteiger partial charge < -0.3 is 19.5 Å². The summed E-state index contributed by atoms with van der Waals surface area (Å²) in [5.74, 6) is 1.75. The summed E-state index contributed by atoms with van der Waals surface area (Å²) >= 11 is 3.51. The minimum atomic E-state index is 0.173. The molecule has 0 saturated carbocycles. The number of nitrogens with zero attached hydrogens (tertiary/aromatic N) is 3. The summed E-state index contributed by atoms with van der Waals surface area (Å²) in [6.07, 6.45) is 0. The van der Waals surface area contributed by atoms with Gasteiger partial charge in [0.15, 0.2) is 5.58 Å². The van der Waals surface area contributed by atoms with Crippen molar-refractivity contribution in [2.45, 2.75) is 6.54 Å². The topological polar surface area (TPSA) is 79.1 Å². The number of aromatic nitrogens is 3. The maximum Gasteiger partial charge on any atom is 0.292 e. The van der Waals surface area contributed by atoms with Gasteiger partial charge in [-0.2, -0.15) is 4.98 Å². The van der Waals surface area contributed by atoms with Gasteiger partial charge in [-0.1, -0.05) is 15.9 Å². The minimum Gasteiger partial charge on any atom is -0.489 e. The summed E-state index contributed by atoms with van der Waals surface area (Å²) in [5, 5.41) is 0. The highest BCUT2D eigenvalue weighted by atomic mass is 79.9. The van der Waals surface area contributed by atoms with Crippen LogP contribution < -0.4 is 10.5 Å². The molecular formula is C16H11BrN4O2. The predicted molar refractivity (Wildman–Crippen MR) is 90.3 cm³/mol. The summed E-state index contributed by atoms with van der Waals surface area (Å²) in [5.41, 5.74) is 9.93. The van der Waals surface area contributed by atoms with E-state index in [9.17, 15) is 0 Å². The second-order valence-corrected chi connectivity index (χ2v) is 6.36. The van der Waals surface area contributed by atoms with Crippen molar-refractivity contribution in [3.8, 4) is 17.1 Å². The maximum absolute atomic E-state index is 5.76. The molecule has 2 aromatic carbocycles. The van der Waals surface area contributed by atoms with Crippen molar-refractivity contribution in [1.29, 1.82) is 0 Å². The van der Waals surface area contributed by atoms with Gasteiger partial charge in [-0.3, -0.25) is 0 Å². The number of anilines is 1. The monoisotopic (exact) mass is 370 g/mol. The average molecular weight is 371 g/mol. The first-order chi connectivity index (χ1) is 11.2. The number of oxazole rings is 1. The van der Waals surface area contributed by atoms with Crippen molar-refractivity contribution in [2.24, 2.45) is 0 Å². The number of nitrogen functional groups attached to an aromatic ring is 1. The highest BCUT2D eigenvalue weighted by Gasteiger charge is 2.21. The molecular weight excluding hydrogens is 360 g/mol. The van der Waals surface area contributed by atoms with Gasteiger partial charge >= 0.3 is 0 Å². The number of ether oxygens (including phenoxy) is 1. The Kier molecular flexibility index (Phi) is 2.52. The highest BCUT2D eigenvalue weighted by Crippen LogP contribution is 2.36. The standard InChI is InChI=1S/C16H11BrN4O2/c17-9-6-11-14-13(7-9)22-4-3-21(14)15(19-11)8-1-2-12-10(5-8)20-16(18)23-12/h1-2,5-7H,3-4H2,(H2,18,20). The highest BCUT2D eigenvalue weighted by molar-refractivity contribution is 9.10. The molecule has 1 aliphatic heterocycles. The van der Waals surface area contributed by atoms with Crippen LogP contribution in [0.2, 0.25) is 0 Å². The first-order valence-electron chi connectivity index (χ1n) is 7.18. The van der Waals surface area contributed by atoms with Crippen LogP contribution in [0.25, 0.3) is 33.5 Å². The van der Waals surface area contributed by atoms with Crippen LogP contribution >= 0.6 is 15.9 Å². The molecule has 0 amide bonds. The van der Waals surface area contributed by atoms with E-state index >= 15 is 0 Å². The van der Waals surface area contributed by atoms with Crippen molar-refractivity contribution in [3.63, 3.8) is 0 Å². The molecule has 0 saturated heterocycles. The van der Waals surface area contributed by atoms with Crippen LogP contribution in [0.15, 0.2) is 39.2 Å². The van der Waals surface area contributed by atoms with Gasteiger partial charge in [0.25, 0.3) is 6.01 Å². The van der Waals surface area contributed by atoms with Crippen LogP contribution in [-0.4, -0.2) is 21.1 Å². The summed E-state index contributed by atoms with van der Waals surface area (Å²) in [7, 11) is 0. The van der Waals surface area contributed by atoms with E-state index in [-0.39, 0.29) is 6.01 Å². The molecule has 7 heteroatoms. The number of hydrogen-bond donors (Lipinski definition) is 1. The van der Waals surface area contributed by atoms with Gasteiger partial charge in [0.2, 0.25) is 0 Å². The van der Waals surface area contributed by atoms with Gasteiger partial charge in [-0.05, 0) is 30.3 Å². The van der Waals surface area contributed by atoms with Crippen LogP contribution in [0.5, 0.6) is 5.75 Å². The fourth-order valence-corrected chi connectivity index (χ4v) is 3.50. The Morgan fingerprint density at radius 1 is 1.13 bits per heavy atom. The molecule has 4 aromatic rings. The molecule has 2 aromatic heterocycles. The van der Waals surface area contributed by atoms with Crippen molar-refractivity contribution >= 4 is 44.1 Å². The molecule has 23 heavy (non-hydrogen) atoms. The van der Waals surface area contributed by atoms with E-state index in [0.717, 1.165) is 44.7 Å². The number of hydrogen-bond acceptors (Lipinski definition) is 5. The van der Waals surface area contributed by atoms with Gasteiger partial charge in [0, 0.05) is 10.0 Å². The lowest BCUT2D eigenvalue weighted by molar-refractivity contribution is 0.287. The summed E-state index contributed by atoms with van der Waals surface area (Å²) in [6, 6.07) is 9.94. The summed E-state index contributed by atoms with van der Waals surface area (Å²) in [6.45, 7) is 1.39. The Morgan fingerprint density at radius 2 is 2.04 bits per heavy atom. The smallest absolute Gasteiger partial charge is 0.292 e. The van der Waals surface area contributed by atoms with E-state index < -0.39 is 0 Å². The summed E-state index contributed by atoms with van der Waals surface area (Å²) in [4.78, 5) is 8.99. The molecule has 2 N–H and O–H groups in total. The minimum absolute atomic E-state index is 0.173. The largest absolute Gasteiger partial charge is 0.489 e. The van der Waals surface area contributed by atoms with Crippen LogP contribution in [0, 0.1) is 0 Å². The van der Waals surface area contributed by atoms with Gasteiger partial charge in [0.05, 0.1) is 12.1 Å². The molecule has 6 nitrogen and oxygen atoms in total. The van der Waals surface area contributed by atoms with Gasteiger partial charge in [-0.15, -0.1) is 0 Å². The van der Waals surface area contributed by atoms with Crippen LogP contribution in [0.1, 0.15) is 0 Å². The van der Waals surface area contributed by atoms with Crippen molar-refractivity contribution < 1.29 is 9.15 Å². The van der Waals surface area contributed by atoms with E-state index in [4.69, 9.17) is 19.9 Å². The molecule has 1 aliphatic rings. The number of rotatable bonds is 1. The van der Waals surface area contributed by atoms with E-state index in [0.29, 0.717) is 12.2 Å². The second-order valence-electron chi connectivity index (χ2n) is 5.44. The zero-order valence-electron chi connectivity index (χ0n) is 11.9. The van der Waals surface area contributed by atoms with E-state index in [1.54, 1.807) is 0 Å². The normalized spacial score (nSPS) is 13.6. The van der Waals surface area contributed by atoms with Crippen LogP contribution in [0.4, 0.5) is 6.01 Å². The molecule has 0 bridgehead atoms. The van der Waals surface area contributed by atoms with Crippen molar-refractivity contribution in [1.82, 2.24) is 14.5 Å². The zero-order chi connectivity index (χ0) is 15.6. The van der Waals surface area contributed by atoms with E-state index in [2.05, 4.69) is 25.5 Å². The summed E-state index contributed by atoms with van der Waals surface area (Å²) < 4.78 is 14.2. The van der Waals surface area contributed by atoms with E-state index in [1.807, 2.05) is 30.3 Å². The van der Waals surface area contributed by atoms with E-state index in [1.165, 1.54) is 0 Å². The number of fused-ring (bicyclic) bond motifs is 1. The molecule has 5 rings (SSSR count). The molecule has 3 heterocycles. The molecule has 0 fully saturated rings. The third-order valence-electron chi connectivity index (χ3n) is 4.01. The van der Waals surface area contributed by atoms with Crippen molar-refractivity contribution in [2.75, 3.05) is 12.3 Å². The quantitative estimate of drug-likeness (QED) is 0.553. The molecule has 0 aliphatic carbocycles. The maximum atomic E-state index is 5.76. The first-order valence-corrected chi connectivity index (χ1v) is 7.97. The SMILES string of the molecule is Nc1nc2cc(-c3nc4cc(Br)cc5c4n3CCO5)ccc2o1. The van der Waals surface area contributed by atoms with Crippen molar-refractivity contribution in [3.05, 3.63) is 34.8 Å². The lowest BCUT2D eigenvalue weighted by Crippen LogP contribution is -2.14. The number of halogens is 1. The Balaban J connectivity index is 1.80. The Labute approximate surface area is 139 Å². The lowest BCUT2D eigenvalue weighted by Gasteiger charge is -2.18. The van der Waals surface area contributed by atoms with Gasteiger partial charge in [0.1, 0.15) is 29.2 Å². The Bertz CT molecular complexity index is 1080. The third-order valence-corrected chi connectivity index (χ3v) is 4.46. The molecule has 0 radical (unpaired) electrons. The fourth-order valence-electron chi connectivity index (χ4n) is 3.08. The Morgan fingerprint density at radius 3 is 2.96 bits per heavy atom. The van der Waals surface area contributed by atoms with Crippen LogP contribution in [0.3, 0.4) is 0 Å². The van der Waals surface area contributed by atoms with Crippen LogP contribution in [-0.2, 0) is 6.54 Å². The molecule has 0 atom stereocenters. The number of nitrogens with two attached hydrogens (primary N) is 1. The number of benzene rings is 2. The predicted octanol–water partition coefficient (Wildman–Crippen LogP) is 3.58. The zero-order valence-corrected chi connectivity index (χ0v) is 13.5. The molecule has 0 spiro atoms. The molecule has 114 valence electrons. The number of imidazole rings is 1. The fraction of sp³-hybridized carbons (Fsp3) is 0.125. The second kappa shape index (κ2) is 4.48. The van der Waals surface area contributed by atoms with Gasteiger partial charge in [-0.25, -0.2) is 4.98 Å². The average Bonchev–Trinajstić information content (AvgIpc) is 3.07. The third kappa shape index (κ3) is 1.86. The molecule has 0 unspecified atom stereocenters. The Hall–Kier alpha value is -2.54. The lowest BCUT2D eigenvalue weighted by atomic mass is 10.2. The first kappa shape index (κ1) is 13.0.